The summed E-state index contributed by atoms with van der Waals surface area (Å²) in [4.78, 5) is 23.7. The molecule has 8 nitrogen and oxygen atoms in total. The van der Waals surface area contributed by atoms with Gasteiger partial charge in [-0.3, -0.25) is 9.59 Å². The van der Waals surface area contributed by atoms with Crippen LogP contribution in [0.3, 0.4) is 0 Å². The average Bonchev–Trinajstić information content (AvgIpc) is 2.73. The van der Waals surface area contributed by atoms with E-state index in [1.807, 2.05) is 0 Å². The molecule has 0 saturated heterocycles. The number of esters is 2. The number of methoxy groups -OCH3 is 3. The van der Waals surface area contributed by atoms with E-state index >= 15 is 0 Å². The number of rotatable bonds is 6. The van der Waals surface area contributed by atoms with Crippen LogP contribution in [-0.2, 0) is 19.1 Å². The molecular weight excluding hydrogens is 392 g/mol. The Kier molecular flexibility index (Phi) is 6.34. The van der Waals surface area contributed by atoms with E-state index in [-0.39, 0.29) is 0 Å². The number of carbonyl (C=O) groups excluding carboxylic acids is 2. The smallest absolute Gasteiger partial charge is 0.303 e. The quantitative estimate of drug-likeness (QED) is 0.662. The van der Waals surface area contributed by atoms with Gasteiger partial charge in [-0.1, -0.05) is 6.07 Å². The molecule has 30 heavy (non-hydrogen) atoms. The third-order valence-corrected chi connectivity index (χ3v) is 4.71. The second kappa shape index (κ2) is 8.94. The molecule has 2 aromatic rings. The third kappa shape index (κ3) is 4.27. The Bertz CT molecular complexity index is 939. The molecule has 3 atom stereocenters. The van der Waals surface area contributed by atoms with Gasteiger partial charge in [0.2, 0.25) is 0 Å². The molecule has 0 spiro atoms. The third-order valence-electron chi connectivity index (χ3n) is 4.71. The van der Waals surface area contributed by atoms with Crippen LogP contribution in [0, 0.1) is 0 Å². The van der Waals surface area contributed by atoms with Crippen LogP contribution in [0.2, 0.25) is 0 Å². The van der Waals surface area contributed by atoms with E-state index in [2.05, 4.69) is 0 Å². The molecule has 0 fully saturated rings. The van der Waals surface area contributed by atoms with Gasteiger partial charge in [-0.15, -0.1) is 0 Å². The first-order valence-corrected chi connectivity index (χ1v) is 9.28. The number of hydrogen-bond acceptors (Lipinski definition) is 8. The maximum absolute atomic E-state index is 11.9. The topological polar surface area (TPSA) is 89.5 Å². The van der Waals surface area contributed by atoms with Crippen LogP contribution in [0.25, 0.3) is 0 Å². The second-order valence-electron chi connectivity index (χ2n) is 6.66. The standard InChI is InChI=1S/C22H24O8/c1-12(23)28-21-16-8-7-15(25-3)11-18(16)30-20(22(21)29-13(2)24)14-6-9-17(26-4)19(10-14)27-5/h6-11,20-22H,1-5H3/t20-,21+,22-/m1/s1. The largest absolute Gasteiger partial charge is 0.497 e. The van der Waals surface area contributed by atoms with Crippen LogP contribution in [0.15, 0.2) is 36.4 Å². The Labute approximate surface area is 174 Å². The summed E-state index contributed by atoms with van der Waals surface area (Å²) in [5, 5.41) is 0. The fraction of sp³-hybridized carbons (Fsp3) is 0.364. The van der Waals surface area contributed by atoms with Crippen molar-refractivity contribution in [2.24, 2.45) is 0 Å². The van der Waals surface area contributed by atoms with Crippen molar-refractivity contribution < 1.29 is 38.0 Å². The lowest BCUT2D eigenvalue weighted by molar-refractivity contribution is -0.178. The van der Waals surface area contributed by atoms with Gasteiger partial charge in [-0.05, 0) is 24.3 Å². The number of hydrogen-bond donors (Lipinski definition) is 0. The van der Waals surface area contributed by atoms with Crippen LogP contribution in [0.4, 0.5) is 0 Å². The Hall–Kier alpha value is -3.42. The second-order valence-corrected chi connectivity index (χ2v) is 6.66. The Morgan fingerprint density at radius 2 is 1.53 bits per heavy atom. The van der Waals surface area contributed by atoms with Gasteiger partial charge in [0, 0.05) is 31.0 Å². The zero-order valence-electron chi connectivity index (χ0n) is 17.5. The molecule has 160 valence electrons. The van der Waals surface area contributed by atoms with Crippen LogP contribution in [-0.4, -0.2) is 39.4 Å². The van der Waals surface area contributed by atoms with Crippen molar-refractivity contribution in [2.75, 3.05) is 21.3 Å². The molecule has 1 aliphatic heterocycles. The van der Waals surface area contributed by atoms with Crippen molar-refractivity contribution in [3.8, 4) is 23.0 Å². The number of fused-ring (bicyclic) bond motifs is 1. The molecule has 0 aromatic heterocycles. The van der Waals surface area contributed by atoms with Gasteiger partial charge >= 0.3 is 11.9 Å². The molecule has 2 aromatic carbocycles. The van der Waals surface area contributed by atoms with E-state index in [1.165, 1.54) is 28.1 Å². The molecule has 0 radical (unpaired) electrons. The summed E-state index contributed by atoms with van der Waals surface area (Å²) in [5.74, 6) is 1.03. The van der Waals surface area contributed by atoms with Gasteiger partial charge in [0.15, 0.2) is 29.8 Å². The van der Waals surface area contributed by atoms with Crippen LogP contribution >= 0.6 is 0 Å². The first kappa shape index (κ1) is 21.3. The van der Waals surface area contributed by atoms with Gasteiger partial charge in [-0.2, -0.15) is 0 Å². The monoisotopic (exact) mass is 416 g/mol. The summed E-state index contributed by atoms with van der Waals surface area (Å²) >= 11 is 0. The summed E-state index contributed by atoms with van der Waals surface area (Å²) in [7, 11) is 4.60. The number of ether oxygens (including phenoxy) is 6. The van der Waals surface area contributed by atoms with Crippen molar-refractivity contribution in [2.45, 2.75) is 32.2 Å². The van der Waals surface area contributed by atoms with Crippen molar-refractivity contribution in [3.05, 3.63) is 47.5 Å². The van der Waals surface area contributed by atoms with E-state index < -0.39 is 30.3 Å². The predicted octanol–water partition coefficient (Wildman–Crippen LogP) is 3.38. The summed E-state index contributed by atoms with van der Waals surface area (Å²) in [6.07, 6.45) is -2.54. The highest BCUT2D eigenvalue weighted by Gasteiger charge is 2.44. The highest BCUT2D eigenvalue weighted by Crippen LogP contribution is 2.46. The van der Waals surface area contributed by atoms with Gasteiger partial charge < -0.3 is 28.4 Å². The van der Waals surface area contributed by atoms with Gasteiger partial charge in [0.05, 0.1) is 21.3 Å². The highest BCUT2D eigenvalue weighted by atomic mass is 16.6. The van der Waals surface area contributed by atoms with Crippen molar-refractivity contribution in [1.82, 2.24) is 0 Å². The van der Waals surface area contributed by atoms with E-state index in [4.69, 9.17) is 28.4 Å². The number of carbonyl (C=O) groups is 2. The van der Waals surface area contributed by atoms with Gasteiger partial charge in [0.25, 0.3) is 0 Å². The first-order valence-electron chi connectivity index (χ1n) is 9.28. The fourth-order valence-electron chi connectivity index (χ4n) is 3.43. The van der Waals surface area contributed by atoms with Crippen LogP contribution in [0.5, 0.6) is 23.0 Å². The number of benzene rings is 2. The zero-order valence-corrected chi connectivity index (χ0v) is 17.5. The highest BCUT2D eigenvalue weighted by molar-refractivity contribution is 5.68. The molecular formula is C22H24O8. The first-order chi connectivity index (χ1) is 14.4. The molecule has 0 unspecified atom stereocenters. The van der Waals surface area contributed by atoms with E-state index in [1.54, 1.807) is 43.5 Å². The Morgan fingerprint density at radius 3 is 2.13 bits per heavy atom. The maximum Gasteiger partial charge on any atom is 0.303 e. The molecule has 0 amide bonds. The van der Waals surface area contributed by atoms with Crippen LogP contribution in [0.1, 0.15) is 37.2 Å². The lowest BCUT2D eigenvalue weighted by Gasteiger charge is -2.38. The summed E-state index contributed by atoms with van der Waals surface area (Å²) in [6, 6.07) is 10.4. The lowest BCUT2D eigenvalue weighted by Crippen LogP contribution is -2.39. The molecule has 0 bridgehead atoms. The van der Waals surface area contributed by atoms with E-state index in [0.717, 1.165) is 0 Å². The summed E-state index contributed by atoms with van der Waals surface area (Å²) < 4.78 is 33.3. The minimum atomic E-state index is -0.912. The molecule has 8 heteroatoms. The Morgan fingerprint density at radius 1 is 0.833 bits per heavy atom. The molecule has 0 saturated carbocycles. The normalized spacial score (nSPS) is 19.7. The van der Waals surface area contributed by atoms with E-state index in [0.29, 0.717) is 34.1 Å². The van der Waals surface area contributed by atoms with Crippen molar-refractivity contribution >= 4 is 11.9 Å². The summed E-state index contributed by atoms with van der Waals surface area (Å²) in [6.45, 7) is 2.59. The molecule has 1 aliphatic rings. The maximum atomic E-state index is 11.9. The minimum Gasteiger partial charge on any atom is -0.497 e. The lowest BCUT2D eigenvalue weighted by atomic mass is 9.91. The SMILES string of the molecule is COc1ccc2c(c1)O[C@H](c1ccc(OC)c(OC)c1)[C@@H](OC(C)=O)[C@H]2OC(C)=O. The van der Waals surface area contributed by atoms with E-state index in [9.17, 15) is 9.59 Å². The zero-order chi connectivity index (χ0) is 21.8. The fourth-order valence-corrected chi connectivity index (χ4v) is 3.43. The summed E-state index contributed by atoms with van der Waals surface area (Å²) in [5.41, 5.74) is 1.23. The molecule has 1 heterocycles. The Balaban J connectivity index is 2.14. The van der Waals surface area contributed by atoms with Crippen LogP contribution < -0.4 is 18.9 Å². The average molecular weight is 416 g/mol. The van der Waals surface area contributed by atoms with Gasteiger partial charge in [0.1, 0.15) is 11.5 Å². The predicted molar refractivity (Wildman–Crippen MR) is 106 cm³/mol. The molecule has 0 aliphatic carbocycles. The molecule has 3 rings (SSSR count). The minimum absolute atomic E-state index is 0.462. The van der Waals surface area contributed by atoms with Crippen molar-refractivity contribution in [3.63, 3.8) is 0 Å². The van der Waals surface area contributed by atoms with Crippen molar-refractivity contribution in [1.29, 1.82) is 0 Å². The molecule has 0 N–H and O–H groups in total. The van der Waals surface area contributed by atoms with Gasteiger partial charge in [-0.25, -0.2) is 0 Å².